The number of halogens is 3. The quantitative estimate of drug-likeness (QED) is 0.272. The highest BCUT2D eigenvalue weighted by molar-refractivity contribution is 6.47. The second kappa shape index (κ2) is 10.5. The van der Waals surface area contributed by atoms with E-state index in [-0.39, 0.29) is 12.0 Å². The highest BCUT2D eigenvalue weighted by Gasteiger charge is 2.35. The van der Waals surface area contributed by atoms with E-state index in [1.807, 2.05) is 54.3 Å². The van der Waals surface area contributed by atoms with Gasteiger partial charge in [-0.3, -0.25) is 9.59 Å². The van der Waals surface area contributed by atoms with E-state index in [1.54, 1.807) is 23.7 Å². The lowest BCUT2D eigenvalue weighted by Crippen LogP contribution is -2.57. The van der Waals surface area contributed by atoms with E-state index in [0.717, 1.165) is 29.3 Å². The standard InChI is InChI=1S/C30H27F3N6O3/c1-18-12-23(19-6-4-3-5-7-19)26(37(18)2)27(40)28(41)36-21-8-9-24-25(13-21)42-17-22-16-38(10-11-39(22)24)29-34-14-20(15-35-29)30(31,32)33/h3-9,12-15,22H,10-11,16-17H2,1-2H3,(H,36,41)/t22-/m1/s1. The Balaban J connectivity index is 1.15. The Morgan fingerprint density at radius 1 is 1.02 bits per heavy atom. The van der Waals surface area contributed by atoms with E-state index >= 15 is 0 Å². The van der Waals surface area contributed by atoms with Gasteiger partial charge in [-0.2, -0.15) is 13.2 Å². The van der Waals surface area contributed by atoms with Gasteiger partial charge in [-0.15, -0.1) is 0 Å². The number of carbonyl (C=O) groups excluding carboxylic acids is 2. The number of Topliss-reactive ketones (excluding diaryl/α,β-unsaturated/α-hetero) is 1. The van der Waals surface area contributed by atoms with E-state index in [4.69, 9.17) is 4.74 Å². The molecule has 1 N–H and O–H groups in total. The van der Waals surface area contributed by atoms with Crippen LogP contribution < -0.4 is 19.9 Å². The van der Waals surface area contributed by atoms with Gasteiger partial charge in [0.05, 0.1) is 17.3 Å². The van der Waals surface area contributed by atoms with Crippen LogP contribution in [0.3, 0.4) is 0 Å². The lowest BCUT2D eigenvalue weighted by atomic mass is 10.0. The first kappa shape index (κ1) is 27.3. The van der Waals surface area contributed by atoms with Gasteiger partial charge >= 0.3 is 6.18 Å². The van der Waals surface area contributed by atoms with E-state index in [0.29, 0.717) is 48.9 Å². The summed E-state index contributed by atoms with van der Waals surface area (Å²) in [6, 6.07) is 16.5. The molecule has 2 aromatic carbocycles. The first-order valence-electron chi connectivity index (χ1n) is 13.4. The largest absolute Gasteiger partial charge is 0.489 e. The molecule has 2 aromatic heterocycles. The summed E-state index contributed by atoms with van der Waals surface area (Å²) in [4.78, 5) is 38.3. The number of hydrogen-bond acceptors (Lipinski definition) is 7. The van der Waals surface area contributed by atoms with Gasteiger partial charge < -0.3 is 24.4 Å². The Kier molecular flexibility index (Phi) is 6.83. The number of amides is 1. The van der Waals surface area contributed by atoms with Crippen molar-refractivity contribution in [2.75, 3.05) is 41.4 Å². The van der Waals surface area contributed by atoms with Crippen LogP contribution in [0.4, 0.5) is 30.5 Å². The molecule has 4 heterocycles. The minimum absolute atomic E-state index is 0.0730. The molecule has 4 aromatic rings. The monoisotopic (exact) mass is 576 g/mol. The third-order valence-corrected chi connectivity index (χ3v) is 7.67. The van der Waals surface area contributed by atoms with Crippen LogP contribution in [0.25, 0.3) is 11.1 Å². The van der Waals surface area contributed by atoms with Gasteiger partial charge in [0.2, 0.25) is 5.95 Å². The number of carbonyl (C=O) groups is 2. The zero-order valence-electron chi connectivity index (χ0n) is 22.9. The molecule has 0 bridgehead atoms. The molecule has 6 rings (SSSR count). The fourth-order valence-electron chi connectivity index (χ4n) is 5.40. The molecular formula is C30H27F3N6O3. The maximum atomic E-state index is 13.3. The van der Waals surface area contributed by atoms with E-state index < -0.39 is 23.4 Å². The van der Waals surface area contributed by atoms with Crippen LogP contribution in [-0.2, 0) is 18.0 Å². The highest BCUT2D eigenvalue weighted by atomic mass is 19.4. The van der Waals surface area contributed by atoms with Crippen molar-refractivity contribution in [1.29, 1.82) is 0 Å². The van der Waals surface area contributed by atoms with Gasteiger partial charge in [0.15, 0.2) is 0 Å². The molecular weight excluding hydrogens is 549 g/mol. The van der Waals surface area contributed by atoms with Crippen molar-refractivity contribution in [3.63, 3.8) is 0 Å². The van der Waals surface area contributed by atoms with Gasteiger partial charge in [0.25, 0.3) is 11.7 Å². The number of hydrogen-bond donors (Lipinski definition) is 1. The smallest absolute Gasteiger partial charge is 0.419 e. The topological polar surface area (TPSA) is 92.6 Å². The maximum Gasteiger partial charge on any atom is 0.419 e. The molecule has 0 unspecified atom stereocenters. The molecule has 0 aliphatic carbocycles. The predicted molar refractivity (Wildman–Crippen MR) is 151 cm³/mol. The number of nitrogens with one attached hydrogen (secondary N) is 1. The molecule has 0 spiro atoms. The zero-order chi connectivity index (χ0) is 29.6. The van der Waals surface area contributed by atoms with Crippen LogP contribution in [0.1, 0.15) is 21.7 Å². The number of nitrogens with zero attached hydrogens (tertiary/aromatic N) is 5. The summed E-state index contributed by atoms with van der Waals surface area (Å²) < 4.78 is 46.4. The van der Waals surface area contributed by atoms with Crippen molar-refractivity contribution in [2.45, 2.75) is 19.1 Å². The second-order valence-electron chi connectivity index (χ2n) is 10.3. The van der Waals surface area contributed by atoms with Crippen LogP contribution in [0.2, 0.25) is 0 Å². The Morgan fingerprint density at radius 2 is 1.76 bits per heavy atom. The van der Waals surface area contributed by atoms with Crippen molar-refractivity contribution in [3.8, 4) is 16.9 Å². The number of ether oxygens (including phenoxy) is 1. The molecule has 12 heteroatoms. The summed E-state index contributed by atoms with van der Waals surface area (Å²) >= 11 is 0. The Hall–Kier alpha value is -4.87. The number of alkyl halides is 3. The predicted octanol–water partition coefficient (Wildman–Crippen LogP) is 4.72. The van der Waals surface area contributed by atoms with Crippen molar-refractivity contribution < 1.29 is 27.5 Å². The number of aromatic nitrogens is 3. The van der Waals surface area contributed by atoms with Crippen LogP contribution in [0.15, 0.2) is 67.0 Å². The Bertz CT molecular complexity index is 1650. The summed E-state index contributed by atoms with van der Waals surface area (Å²) in [5.74, 6) is -0.604. The normalized spacial score (nSPS) is 16.4. The van der Waals surface area contributed by atoms with Crippen molar-refractivity contribution in [2.24, 2.45) is 7.05 Å². The van der Waals surface area contributed by atoms with Crippen LogP contribution >= 0.6 is 0 Å². The first-order chi connectivity index (χ1) is 20.1. The van der Waals surface area contributed by atoms with Crippen LogP contribution in [0, 0.1) is 6.92 Å². The van der Waals surface area contributed by atoms with E-state index in [1.165, 1.54) is 0 Å². The van der Waals surface area contributed by atoms with Gasteiger partial charge in [0, 0.05) is 62.1 Å². The number of ketones is 1. The third kappa shape index (κ3) is 5.04. The van der Waals surface area contributed by atoms with Crippen molar-refractivity contribution in [1.82, 2.24) is 14.5 Å². The second-order valence-corrected chi connectivity index (χ2v) is 10.3. The number of anilines is 3. The molecule has 1 fully saturated rings. The minimum atomic E-state index is -4.49. The number of benzene rings is 2. The maximum absolute atomic E-state index is 13.3. The average Bonchev–Trinajstić information content (AvgIpc) is 3.29. The Labute approximate surface area is 239 Å². The molecule has 2 aliphatic heterocycles. The summed E-state index contributed by atoms with van der Waals surface area (Å²) in [7, 11) is 1.76. The fraction of sp³-hybridized carbons (Fsp3) is 0.267. The highest BCUT2D eigenvalue weighted by Crippen LogP contribution is 2.38. The lowest BCUT2D eigenvalue weighted by Gasteiger charge is -2.45. The zero-order valence-corrected chi connectivity index (χ0v) is 22.9. The van der Waals surface area contributed by atoms with Gasteiger partial charge in [-0.25, -0.2) is 9.97 Å². The molecule has 1 atom stereocenters. The first-order valence-corrected chi connectivity index (χ1v) is 13.4. The molecule has 2 aliphatic rings. The number of rotatable bonds is 5. The molecule has 42 heavy (non-hydrogen) atoms. The summed E-state index contributed by atoms with van der Waals surface area (Å²) in [6.45, 7) is 3.76. The van der Waals surface area contributed by atoms with Gasteiger partial charge in [0.1, 0.15) is 18.1 Å². The molecule has 1 amide bonds. The molecule has 216 valence electrons. The summed E-state index contributed by atoms with van der Waals surface area (Å²) in [5, 5.41) is 2.72. The van der Waals surface area contributed by atoms with Gasteiger partial charge in [-0.05, 0) is 30.7 Å². The summed E-state index contributed by atoms with van der Waals surface area (Å²) in [6.07, 6.45) is -2.90. The number of fused-ring (bicyclic) bond motifs is 3. The van der Waals surface area contributed by atoms with Gasteiger partial charge in [-0.1, -0.05) is 30.3 Å². The third-order valence-electron chi connectivity index (χ3n) is 7.67. The lowest BCUT2D eigenvalue weighted by molar-refractivity contribution is -0.138. The summed E-state index contributed by atoms with van der Waals surface area (Å²) in [5.41, 5.74) is 3.06. The van der Waals surface area contributed by atoms with E-state index in [9.17, 15) is 22.8 Å². The molecule has 0 saturated carbocycles. The van der Waals surface area contributed by atoms with Crippen molar-refractivity contribution in [3.05, 3.63) is 83.9 Å². The fourth-order valence-corrected chi connectivity index (χ4v) is 5.40. The van der Waals surface area contributed by atoms with Crippen molar-refractivity contribution >= 4 is 29.0 Å². The number of piperazine rings is 1. The van der Waals surface area contributed by atoms with Crippen LogP contribution in [-0.4, -0.2) is 58.5 Å². The van der Waals surface area contributed by atoms with Crippen LogP contribution in [0.5, 0.6) is 5.75 Å². The molecule has 9 nitrogen and oxygen atoms in total. The number of aryl methyl sites for hydroxylation is 1. The van der Waals surface area contributed by atoms with E-state index in [2.05, 4.69) is 20.2 Å². The minimum Gasteiger partial charge on any atom is -0.489 e. The molecule has 1 saturated heterocycles. The average molecular weight is 577 g/mol. The molecule has 0 radical (unpaired) electrons. The SMILES string of the molecule is Cc1cc(-c2ccccc2)c(C(=O)C(=O)Nc2ccc3c(c2)OC[C@H]2CN(c4ncc(C(F)(F)F)cn4)CCN32)n1C. The Morgan fingerprint density at radius 3 is 2.48 bits per heavy atom.